The second kappa shape index (κ2) is 4.42. The lowest BCUT2D eigenvalue weighted by Gasteiger charge is -2.09. The number of rotatable bonds is 3. The maximum absolute atomic E-state index is 12.2. The van der Waals surface area contributed by atoms with Crippen LogP contribution in [0.15, 0.2) is 16.9 Å². The predicted octanol–water partition coefficient (Wildman–Crippen LogP) is 2.31. The number of carbonyl (C=O) groups is 1. The minimum atomic E-state index is -0.104. The Labute approximate surface area is 105 Å². The van der Waals surface area contributed by atoms with Gasteiger partial charge in [-0.1, -0.05) is 4.49 Å². The van der Waals surface area contributed by atoms with Gasteiger partial charge in [-0.2, -0.15) is 5.10 Å². The van der Waals surface area contributed by atoms with E-state index < -0.39 is 0 Å². The van der Waals surface area contributed by atoms with Gasteiger partial charge in [0, 0.05) is 6.04 Å². The Kier molecular flexibility index (Phi) is 3.15. The summed E-state index contributed by atoms with van der Waals surface area (Å²) < 4.78 is 6.06. The third-order valence-corrected chi connectivity index (χ3v) is 3.28. The van der Waals surface area contributed by atoms with Crippen LogP contribution in [0.4, 0.5) is 0 Å². The highest BCUT2D eigenvalue weighted by molar-refractivity contribution is 9.10. The summed E-state index contributed by atoms with van der Waals surface area (Å²) in [6.07, 6.45) is 3.10. The van der Waals surface area contributed by atoms with Crippen molar-refractivity contribution in [1.29, 1.82) is 0 Å². The van der Waals surface area contributed by atoms with Crippen molar-refractivity contribution in [2.45, 2.75) is 19.9 Å². The molecule has 0 aliphatic rings. The maximum Gasteiger partial charge on any atom is 0.225 e. The first-order valence-corrected chi connectivity index (χ1v) is 6.23. The van der Waals surface area contributed by atoms with Crippen LogP contribution < -0.4 is 0 Å². The van der Waals surface area contributed by atoms with Crippen molar-refractivity contribution in [3.63, 3.8) is 0 Å². The third-order valence-electron chi connectivity index (χ3n) is 2.04. The van der Waals surface area contributed by atoms with Crippen LogP contribution in [0.1, 0.15) is 35.3 Å². The molecule has 0 fully saturated rings. The van der Waals surface area contributed by atoms with Crippen LogP contribution in [0.5, 0.6) is 0 Å². The predicted molar refractivity (Wildman–Crippen MR) is 63.7 cm³/mol. The lowest BCUT2D eigenvalue weighted by molar-refractivity contribution is 0.103. The molecule has 2 aromatic rings. The lowest BCUT2D eigenvalue weighted by Crippen LogP contribution is -2.13. The molecule has 0 aliphatic carbocycles. The largest absolute Gasteiger partial charge is 0.286 e. The fraction of sp³-hybridized carbons (Fsp3) is 0.333. The fourth-order valence-corrected chi connectivity index (χ4v) is 2.24. The Morgan fingerprint density at radius 3 is 2.81 bits per heavy atom. The first kappa shape index (κ1) is 11.4. The van der Waals surface area contributed by atoms with Gasteiger partial charge in [-0.3, -0.25) is 9.48 Å². The molecule has 2 rings (SSSR count). The average Bonchev–Trinajstić information content (AvgIpc) is 2.84. The highest BCUT2D eigenvalue weighted by Crippen LogP contribution is 2.23. The number of hydrogen-bond donors (Lipinski definition) is 0. The molecular weight excluding hydrogens is 292 g/mol. The molecule has 0 saturated carbocycles. The SMILES string of the molecule is CC(C)n1ncc(Br)c1C(=O)c1cnns1. The summed E-state index contributed by atoms with van der Waals surface area (Å²) in [5, 5.41) is 7.82. The zero-order valence-electron chi connectivity index (χ0n) is 8.72. The van der Waals surface area contributed by atoms with Crippen molar-refractivity contribution in [2.24, 2.45) is 0 Å². The smallest absolute Gasteiger partial charge is 0.225 e. The summed E-state index contributed by atoms with van der Waals surface area (Å²) in [6.45, 7) is 3.95. The van der Waals surface area contributed by atoms with Crippen LogP contribution in [0.2, 0.25) is 0 Å². The fourth-order valence-electron chi connectivity index (χ4n) is 1.33. The first-order valence-electron chi connectivity index (χ1n) is 4.66. The molecule has 2 aromatic heterocycles. The van der Waals surface area contributed by atoms with Crippen molar-refractivity contribution in [2.75, 3.05) is 0 Å². The number of carbonyl (C=O) groups excluding carboxylic acids is 1. The van der Waals surface area contributed by atoms with E-state index in [2.05, 4.69) is 30.6 Å². The van der Waals surface area contributed by atoms with E-state index in [1.807, 2.05) is 13.8 Å². The molecule has 0 amide bonds. The topological polar surface area (TPSA) is 60.7 Å². The Morgan fingerprint density at radius 2 is 2.25 bits per heavy atom. The van der Waals surface area contributed by atoms with Crippen molar-refractivity contribution in [3.8, 4) is 0 Å². The molecule has 0 radical (unpaired) electrons. The summed E-state index contributed by atoms with van der Waals surface area (Å²) >= 11 is 4.42. The van der Waals surface area contributed by atoms with Crippen molar-refractivity contribution >= 4 is 33.2 Å². The van der Waals surface area contributed by atoms with E-state index in [-0.39, 0.29) is 11.8 Å². The van der Waals surface area contributed by atoms with Crippen LogP contribution in [0.3, 0.4) is 0 Å². The zero-order valence-corrected chi connectivity index (χ0v) is 11.1. The monoisotopic (exact) mass is 300 g/mol. The number of hydrogen-bond acceptors (Lipinski definition) is 5. The zero-order chi connectivity index (χ0) is 11.7. The summed E-state index contributed by atoms with van der Waals surface area (Å²) in [5.74, 6) is -0.104. The molecule has 5 nitrogen and oxygen atoms in total. The van der Waals surface area contributed by atoms with Gasteiger partial charge in [0.15, 0.2) is 0 Å². The molecule has 7 heteroatoms. The molecule has 0 aromatic carbocycles. The van der Waals surface area contributed by atoms with Gasteiger partial charge in [0.1, 0.15) is 10.6 Å². The maximum atomic E-state index is 12.2. The summed E-state index contributed by atoms with van der Waals surface area (Å²) in [5.41, 5.74) is 0.543. The minimum Gasteiger partial charge on any atom is -0.286 e. The molecule has 0 saturated heterocycles. The Hall–Kier alpha value is -1.08. The molecule has 0 aliphatic heterocycles. The average molecular weight is 301 g/mol. The number of nitrogens with zero attached hydrogens (tertiary/aromatic N) is 4. The van der Waals surface area contributed by atoms with Crippen LogP contribution >= 0.6 is 27.5 Å². The van der Waals surface area contributed by atoms with E-state index in [1.165, 1.54) is 6.20 Å². The van der Waals surface area contributed by atoms with Gasteiger partial charge in [-0.25, -0.2) is 0 Å². The van der Waals surface area contributed by atoms with Gasteiger partial charge in [-0.15, -0.1) is 5.10 Å². The number of halogens is 1. The Morgan fingerprint density at radius 1 is 1.50 bits per heavy atom. The van der Waals surface area contributed by atoms with Gasteiger partial charge in [-0.05, 0) is 41.3 Å². The van der Waals surface area contributed by atoms with E-state index in [0.717, 1.165) is 11.5 Å². The van der Waals surface area contributed by atoms with Crippen molar-refractivity contribution in [1.82, 2.24) is 19.4 Å². The quantitative estimate of drug-likeness (QED) is 0.816. The van der Waals surface area contributed by atoms with E-state index in [1.54, 1.807) is 10.9 Å². The van der Waals surface area contributed by atoms with Gasteiger partial charge in [0.05, 0.1) is 16.9 Å². The highest BCUT2D eigenvalue weighted by atomic mass is 79.9. The molecule has 0 spiro atoms. The minimum absolute atomic E-state index is 0.104. The lowest BCUT2D eigenvalue weighted by atomic mass is 10.2. The second-order valence-electron chi connectivity index (χ2n) is 3.49. The second-order valence-corrected chi connectivity index (χ2v) is 5.13. The van der Waals surface area contributed by atoms with Gasteiger partial charge in [0.2, 0.25) is 5.78 Å². The summed E-state index contributed by atoms with van der Waals surface area (Å²) in [7, 11) is 0. The van der Waals surface area contributed by atoms with Gasteiger partial charge in [0.25, 0.3) is 0 Å². The van der Waals surface area contributed by atoms with Gasteiger partial charge < -0.3 is 0 Å². The Bertz CT molecular complexity index is 506. The third kappa shape index (κ3) is 1.92. The molecule has 2 heterocycles. The Balaban J connectivity index is 2.48. The molecule has 0 bridgehead atoms. The van der Waals surface area contributed by atoms with Crippen LogP contribution in [0, 0.1) is 0 Å². The van der Waals surface area contributed by atoms with Crippen molar-refractivity contribution in [3.05, 3.63) is 27.4 Å². The van der Waals surface area contributed by atoms with Gasteiger partial charge >= 0.3 is 0 Å². The summed E-state index contributed by atoms with van der Waals surface area (Å²) in [6, 6.07) is 0.131. The molecule has 16 heavy (non-hydrogen) atoms. The molecule has 0 unspecified atom stereocenters. The standard InChI is InChI=1S/C9H9BrN4OS/c1-5(2)14-8(6(10)3-12-14)9(15)7-4-11-13-16-7/h3-5H,1-2H3. The van der Waals surface area contributed by atoms with E-state index in [4.69, 9.17) is 0 Å². The normalized spacial score (nSPS) is 11.0. The van der Waals surface area contributed by atoms with E-state index in [9.17, 15) is 4.79 Å². The van der Waals surface area contributed by atoms with Crippen LogP contribution in [-0.2, 0) is 0 Å². The van der Waals surface area contributed by atoms with Crippen LogP contribution in [-0.4, -0.2) is 25.2 Å². The molecule has 84 valence electrons. The number of aromatic nitrogens is 4. The van der Waals surface area contributed by atoms with E-state index in [0.29, 0.717) is 15.0 Å². The summed E-state index contributed by atoms with van der Waals surface area (Å²) in [4.78, 5) is 12.7. The number of ketones is 1. The van der Waals surface area contributed by atoms with Crippen molar-refractivity contribution < 1.29 is 4.79 Å². The highest BCUT2D eigenvalue weighted by Gasteiger charge is 2.21. The molecule has 0 atom stereocenters. The van der Waals surface area contributed by atoms with E-state index >= 15 is 0 Å². The molecular formula is C9H9BrN4OS. The first-order chi connectivity index (χ1) is 7.61. The molecule has 0 N–H and O–H groups in total. The van der Waals surface area contributed by atoms with Crippen LogP contribution in [0.25, 0.3) is 0 Å².